The molecule has 4 rings (SSSR count). The molecule has 2 unspecified atom stereocenters. The van der Waals surface area contributed by atoms with Gasteiger partial charge < -0.3 is 15.5 Å². The van der Waals surface area contributed by atoms with Crippen LogP contribution in [0.5, 0.6) is 5.75 Å². The molecular weight excluding hydrogens is 469 g/mol. The van der Waals surface area contributed by atoms with Crippen LogP contribution in [0.3, 0.4) is 0 Å². The maximum Gasteiger partial charge on any atom is 0.419 e. The van der Waals surface area contributed by atoms with Crippen LogP contribution in [0.2, 0.25) is 5.02 Å². The maximum absolute atomic E-state index is 14.3. The SMILES string of the molecule is C/C=C1/CC(O)(C(F)(F)F)C(Nc2cc(F)c(F)c3nc(C)ncc23)c2cc(Cl)c(O)cc21. The Morgan fingerprint density at radius 3 is 2.58 bits per heavy atom. The van der Waals surface area contributed by atoms with Crippen molar-refractivity contribution in [2.75, 3.05) is 5.32 Å². The van der Waals surface area contributed by atoms with Gasteiger partial charge in [-0.15, -0.1) is 0 Å². The highest BCUT2D eigenvalue weighted by atomic mass is 35.5. The van der Waals surface area contributed by atoms with E-state index in [4.69, 9.17) is 11.6 Å². The summed E-state index contributed by atoms with van der Waals surface area (Å²) in [5, 5.41) is 23.2. The lowest BCUT2D eigenvalue weighted by atomic mass is 9.73. The van der Waals surface area contributed by atoms with E-state index in [2.05, 4.69) is 15.3 Å². The minimum absolute atomic E-state index is 0.0766. The van der Waals surface area contributed by atoms with Crippen LogP contribution < -0.4 is 5.32 Å². The molecule has 1 aliphatic rings. The quantitative estimate of drug-likeness (QED) is 0.398. The lowest BCUT2D eigenvalue weighted by Crippen LogP contribution is -2.54. The summed E-state index contributed by atoms with van der Waals surface area (Å²) in [6.45, 7) is 2.95. The van der Waals surface area contributed by atoms with Gasteiger partial charge in [-0.2, -0.15) is 13.2 Å². The predicted molar refractivity (Wildman–Crippen MR) is 113 cm³/mol. The van der Waals surface area contributed by atoms with Crippen molar-refractivity contribution in [2.45, 2.75) is 38.1 Å². The second kappa shape index (κ2) is 7.81. The first-order valence-corrected chi connectivity index (χ1v) is 10.1. The molecule has 5 nitrogen and oxygen atoms in total. The van der Waals surface area contributed by atoms with Crippen LogP contribution in [0.4, 0.5) is 27.6 Å². The Morgan fingerprint density at radius 2 is 1.94 bits per heavy atom. The Hall–Kier alpha value is -2.98. The van der Waals surface area contributed by atoms with E-state index in [1.165, 1.54) is 26.0 Å². The molecule has 33 heavy (non-hydrogen) atoms. The first-order chi connectivity index (χ1) is 15.4. The number of hydrogen-bond acceptors (Lipinski definition) is 5. The van der Waals surface area contributed by atoms with Gasteiger partial charge in [-0.05, 0) is 42.7 Å². The predicted octanol–water partition coefficient (Wildman–Crippen LogP) is 5.83. The summed E-state index contributed by atoms with van der Waals surface area (Å²) in [5.41, 5.74) is -3.74. The van der Waals surface area contributed by atoms with Crippen LogP contribution in [0.15, 0.2) is 30.5 Å². The number of allylic oxidation sites excluding steroid dienone is 1. The van der Waals surface area contributed by atoms with E-state index >= 15 is 0 Å². The molecule has 0 saturated heterocycles. The van der Waals surface area contributed by atoms with Crippen molar-refractivity contribution < 1.29 is 32.2 Å². The van der Waals surface area contributed by atoms with E-state index in [9.17, 15) is 32.2 Å². The highest BCUT2D eigenvalue weighted by Gasteiger charge is 2.61. The van der Waals surface area contributed by atoms with Gasteiger partial charge in [-0.3, -0.25) is 0 Å². The molecule has 174 valence electrons. The lowest BCUT2D eigenvalue weighted by molar-refractivity contribution is -0.265. The number of aromatic nitrogens is 2. The number of benzene rings is 2. The number of aromatic hydroxyl groups is 1. The number of phenolic OH excluding ortho intramolecular Hbond substituents is 1. The van der Waals surface area contributed by atoms with E-state index in [1.807, 2.05) is 0 Å². The summed E-state index contributed by atoms with van der Waals surface area (Å²) < 4.78 is 71.3. The molecule has 0 bridgehead atoms. The number of rotatable bonds is 2. The van der Waals surface area contributed by atoms with Gasteiger partial charge in [-0.25, -0.2) is 18.7 Å². The van der Waals surface area contributed by atoms with Crippen LogP contribution in [-0.2, 0) is 0 Å². The van der Waals surface area contributed by atoms with Crippen molar-refractivity contribution in [1.82, 2.24) is 9.97 Å². The smallest absolute Gasteiger partial charge is 0.419 e. The molecule has 2 atom stereocenters. The maximum atomic E-state index is 14.3. The van der Waals surface area contributed by atoms with Gasteiger partial charge in [0.2, 0.25) is 0 Å². The fourth-order valence-electron chi connectivity index (χ4n) is 4.05. The van der Waals surface area contributed by atoms with Crippen LogP contribution >= 0.6 is 11.6 Å². The van der Waals surface area contributed by atoms with Gasteiger partial charge in [-0.1, -0.05) is 17.7 Å². The van der Waals surface area contributed by atoms with E-state index in [1.54, 1.807) is 0 Å². The van der Waals surface area contributed by atoms with Crippen LogP contribution in [0.1, 0.15) is 36.3 Å². The minimum Gasteiger partial charge on any atom is -0.506 e. The summed E-state index contributed by atoms with van der Waals surface area (Å²) >= 11 is 5.98. The van der Waals surface area contributed by atoms with Crippen LogP contribution in [0.25, 0.3) is 16.5 Å². The average molecular weight is 486 g/mol. The van der Waals surface area contributed by atoms with Crippen molar-refractivity contribution in [3.05, 3.63) is 64.1 Å². The van der Waals surface area contributed by atoms with E-state index < -0.39 is 41.4 Å². The zero-order chi connectivity index (χ0) is 24.3. The Kier molecular flexibility index (Phi) is 5.49. The molecule has 0 fully saturated rings. The molecule has 0 radical (unpaired) electrons. The molecule has 0 amide bonds. The summed E-state index contributed by atoms with van der Waals surface area (Å²) in [6, 6.07) is 1.10. The molecule has 3 aromatic rings. The number of phenols is 1. The number of anilines is 1. The van der Waals surface area contributed by atoms with E-state index in [0.29, 0.717) is 6.07 Å². The lowest BCUT2D eigenvalue weighted by Gasteiger charge is -2.44. The number of halogens is 6. The van der Waals surface area contributed by atoms with Gasteiger partial charge in [0.15, 0.2) is 17.2 Å². The van der Waals surface area contributed by atoms with Crippen molar-refractivity contribution in [2.24, 2.45) is 0 Å². The number of alkyl halides is 3. The minimum atomic E-state index is -5.12. The summed E-state index contributed by atoms with van der Waals surface area (Å²) in [6.07, 6.45) is -3.43. The molecular formula is C22H17ClF5N3O2. The van der Waals surface area contributed by atoms with Gasteiger partial charge in [0.05, 0.1) is 11.1 Å². The first-order valence-electron chi connectivity index (χ1n) is 9.72. The number of nitrogens with one attached hydrogen (secondary N) is 1. The van der Waals surface area contributed by atoms with Crippen LogP contribution in [0, 0.1) is 18.6 Å². The Labute approximate surface area is 189 Å². The molecule has 11 heteroatoms. The molecule has 3 N–H and O–H groups in total. The number of hydrogen-bond donors (Lipinski definition) is 3. The summed E-state index contributed by atoms with van der Waals surface area (Å²) in [7, 11) is 0. The standard InChI is InChI=1S/C22H17ClF5N3O2/c1-3-10-7-21(33,22(26,27)28)20(12-4-14(23)17(32)5-11(10)12)31-16-6-15(24)18(25)19-13(16)8-29-9(2)30-19/h3-6,8,20,31-33H,7H2,1-2H3/b10-3-. The normalized spacial score (nSPS) is 22.0. The number of aliphatic hydroxyl groups is 1. The van der Waals surface area contributed by atoms with Crippen molar-refractivity contribution in [3.8, 4) is 5.75 Å². The Balaban J connectivity index is 1.99. The molecule has 1 heterocycles. The third-order valence-corrected chi connectivity index (χ3v) is 6.04. The monoisotopic (exact) mass is 485 g/mol. The molecule has 0 spiro atoms. The Morgan fingerprint density at radius 1 is 1.24 bits per heavy atom. The van der Waals surface area contributed by atoms with Gasteiger partial charge in [0, 0.05) is 29.8 Å². The third kappa shape index (κ3) is 3.67. The van der Waals surface area contributed by atoms with Gasteiger partial charge in [0.25, 0.3) is 0 Å². The molecule has 0 aliphatic heterocycles. The first kappa shape index (κ1) is 23.2. The molecule has 1 aromatic heterocycles. The largest absolute Gasteiger partial charge is 0.506 e. The molecule has 1 aliphatic carbocycles. The second-order valence-electron chi connectivity index (χ2n) is 7.78. The fourth-order valence-corrected chi connectivity index (χ4v) is 4.22. The van der Waals surface area contributed by atoms with Crippen molar-refractivity contribution in [1.29, 1.82) is 0 Å². The molecule has 2 aromatic carbocycles. The van der Waals surface area contributed by atoms with Crippen molar-refractivity contribution >= 4 is 33.8 Å². The van der Waals surface area contributed by atoms with E-state index in [0.717, 1.165) is 12.3 Å². The number of nitrogens with zero attached hydrogens (tertiary/aromatic N) is 2. The second-order valence-corrected chi connectivity index (χ2v) is 8.19. The number of fused-ring (bicyclic) bond motifs is 2. The van der Waals surface area contributed by atoms with Gasteiger partial charge >= 0.3 is 6.18 Å². The zero-order valence-corrected chi connectivity index (χ0v) is 18.0. The fraction of sp³-hybridized carbons (Fsp3) is 0.273. The topological polar surface area (TPSA) is 78.3 Å². The third-order valence-electron chi connectivity index (χ3n) is 5.74. The summed E-state index contributed by atoms with van der Waals surface area (Å²) in [5.74, 6) is -2.84. The number of aryl methyl sites for hydroxylation is 1. The van der Waals surface area contributed by atoms with E-state index in [-0.39, 0.29) is 44.4 Å². The Bertz CT molecular complexity index is 1310. The zero-order valence-electron chi connectivity index (χ0n) is 17.2. The summed E-state index contributed by atoms with van der Waals surface area (Å²) in [4.78, 5) is 7.78. The molecule has 0 saturated carbocycles. The highest BCUT2D eigenvalue weighted by molar-refractivity contribution is 6.32. The van der Waals surface area contributed by atoms with Gasteiger partial charge in [0.1, 0.15) is 17.1 Å². The highest BCUT2D eigenvalue weighted by Crippen LogP contribution is 2.53. The average Bonchev–Trinajstić information content (AvgIpc) is 2.74. The van der Waals surface area contributed by atoms with Crippen molar-refractivity contribution in [3.63, 3.8) is 0 Å². The van der Waals surface area contributed by atoms with Crippen LogP contribution in [-0.4, -0.2) is 32.0 Å².